The fourth-order valence-electron chi connectivity index (χ4n) is 1.97. The standard InChI is InChI=1S/C19H15NO6/c21-15-7-4-12(5-8-15)6-9-18(24)20-14-3-1-2-13(10-14)16(22)11-17(23)19(25)26/h1-11,21-22H,(H,20,24)(H,25,26)/b9-6+,16-11+. The maximum Gasteiger partial charge on any atom is 0.376 e. The number of amides is 1. The molecule has 0 heterocycles. The van der Waals surface area contributed by atoms with E-state index in [4.69, 9.17) is 5.11 Å². The van der Waals surface area contributed by atoms with Gasteiger partial charge in [-0.15, -0.1) is 0 Å². The van der Waals surface area contributed by atoms with E-state index in [1.807, 2.05) is 0 Å². The first kappa shape index (κ1) is 18.5. The average Bonchev–Trinajstić information content (AvgIpc) is 2.61. The summed E-state index contributed by atoms with van der Waals surface area (Å²) in [6.45, 7) is 0. The summed E-state index contributed by atoms with van der Waals surface area (Å²) in [7, 11) is 0. The van der Waals surface area contributed by atoms with Crippen LogP contribution in [0.3, 0.4) is 0 Å². The number of phenolic OH excluding ortho intramolecular Hbond substituents is 1. The highest BCUT2D eigenvalue weighted by molar-refractivity contribution is 6.38. The predicted octanol–water partition coefficient (Wildman–Crippen LogP) is 2.60. The third kappa shape index (κ3) is 5.34. The number of aliphatic hydroxyl groups is 1. The van der Waals surface area contributed by atoms with Crippen LogP contribution in [0.15, 0.2) is 60.7 Å². The summed E-state index contributed by atoms with van der Waals surface area (Å²) in [5.74, 6) is -3.76. The number of benzene rings is 2. The molecule has 2 aromatic carbocycles. The first-order valence-corrected chi connectivity index (χ1v) is 7.41. The van der Waals surface area contributed by atoms with Crippen LogP contribution in [0.5, 0.6) is 5.75 Å². The number of carbonyl (C=O) groups is 3. The lowest BCUT2D eigenvalue weighted by Crippen LogP contribution is -2.10. The number of hydrogen-bond donors (Lipinski definition) is 4. The minimum atomic E-state index is -1.68. The Morgan fingerprint density at radius 1 is 0.962 bits per heavy atom. The molecule has 0 spiro atoms. The molecule has 0 fully saturated rings. The van der Waals surface area contributed by atoms with Crippen molar-refractivity contribution in [1.29, 1.82) is 0 Å². The molecule has 0 unspecified atom stereocenters. The quantitative estimate of drug-likeness (QED) is 0.359. The number of carbonyl (C=O) groups excluding carboxylic acids is 2. The lowest BCUT2D eigenvalue weighted by molar-refractivity contribution is -0.146. The average molecular weight is 353 g/mol. The minimum absolute atomic E-state index is 0.123. The second kappa shape index (κ2) is 8.29. The van der Waals surface area contributed by atoms with Crippen molar-refractivity contribution in [3.05, 3.63) is 71.8 Å². The third-order valence-electron chi connectivity index (χ3n) is 3.22. The Kier molecular flexibility index (Phi) is 5.89. The van der Waals surface area contributed by atoms with Gasteiger partial charge in [0.2, 0.25) is 5.91 Å². The number of anilines is 1. The van der Waals surface area contributed by atoms with Crippen molar-refractivity contribution in [2.24, 2.45) is 0 Å². The molecule has 0 aliphatic carbocycles. The molecule has 0 saturated heterocycles. The number of hydrogen-bond acceptors (Lipinski definition) is 5. The van der Waals surface area contributed by atoms with E-state index in [2.05, 4.69) is 5.32 Å². The van der Waals surface area contributed by atoms with Gasteiger partial charge in [-0.1, -0.05) is 24.3 Å². The Labute approximate surface area is 148 Å². The molecule has 26 heavy (non-hydrogen) atoms. The van der Waals surface area contributed by atoms with E-state index < -0.39 is 23.4 Å². The molecule has 0 radical (unpaired) electrons. The van der Waals surface area contributed by atoms with Crippen molar-refractivity contribution in [3.63, 3.8) is 0 Å². The molecule has 0 bridgehead atoms. The topological polar surface area (TPSA) is 124 Å². The molecule has 0 aromatic heterocycles. The van der Waals surface area contributed by atoms with Gasteiger partial charge >= 0.3 is 5.97 Å². The van der Waals surface area contributed by atoms with Gasteiger partial charge in [-0.25, -0.2) is 4.79 Å². The summed E-state index contributed by atoms with van der Waals surface area (Å²) >= 11 is 0. The van der Waals surface area contributed by atoms with Gasteiger partial charge in [0.15, 0.2) is 0 Å². The van der Waals surface area contributed by atoms with Crippen LogP contribution in [-0.4, -0.2) is 33.0 Å². The van der Waals surface area contributed by atoms with Gasteiger partial charge in [0, 0.05) is 23.4 Å². The number of carboxylic acid groups (broad SMARTS) is 1. The molecule has 0 aliphatic rings. The lowest BCUT2D eigenvalue weighted by atomic mass is 10.1. The number of ketones is 1. The van der Waals surface area contributed by atoms with Crippen molar-refractivity contribution < 1.29 is 29.7 Å². The van der Waals surface area contributed by atoms with Crippen LogP contribution in [0.4, 0.5) is 5.69 Å². The highest BCUT2D eigenvalue weighted by Crippen LogP contribution is 2.17. The Balaban J connectivity index is 2.08. The Bertz CT molecular complexity index is 897. The van der Waals surface area contributed by atoms with Gasteiger partial charge in [-0.3, -0.25) is 9.59 Å². The summed E-state index contributed by atoms with van der Waals surface area (Å²) in [5.41, 5.74) is 1.25. The van der Waals surface area contributed by atoms with Gasteiger partial charge in [-0.05, 0) is 35.9 Å². The molecular formula is C19H15NO6. The molecule has 7 nitrogen and oxygen atoms in total. The Hall–Kier alpha value is -3.87. The van der Waals surface area contributed by atoms with Crippen LogP contribution in [0, 0.1) is 0 Å². The van der Waals surface area contributed by atoms with Gasteiger partial charge in [0.25, 0.3) is 5.78 Å². The van der Waals surface area contributed by atoms with Gasteiger partial charge in [-0.2, -0.15) is 0 Å². The number of aromatic hydroxyl groups is 1. The third-order valence-corrected chi connectivity index (χ3v) is 3.22. The van der Waals surface area contributed by atoms with Gasteiger partial charge in [0.05, 0.1) is 0 Å². The van der Waals surface area contributed by atoms with Crippen LogP contribution >= 0.6 is 0 Å². The lowest BCUT2D eigenvalue weighted by Gasteiger charge is -2.05. The van der Waals surface area contributed by atoms with E-state index in [9.17, 15) is 24.6 Å². The highest BCUT2D eigenvalue weighted by Gasteiger charge is 2.11. The van der Waals surface area contributed by atoms with Gasteiger partial charge in [0.1, 0.15) is 11.5 Å². The van der Waals surface area contributed by atoms with Crippen molar-refractivity contribution >= 4 is 35.2 Å². The summed E-state index contributed by atoms with van der Waals surface area (Å²) in [6, 6.07) is 12.2. The largest absolute Gasteiger partial charge is 0.508 e. The van der Waals surface area contributed by atoms with E-state index in [1.54, 1.807) is 24.3 Å². The normalized spacial score (nSPS) is 11.3. The first-order chi connectivity index (χ1) is 12.3. The number of phenols is 1. The second-order valence-electron chi connectivity index (χ2n) is 5.19. The molecule has 1 amide bonds. The molecular weight excluding hydrogens is 338 g/mol. The van der Waals surface area contributed by atoms with Crippen LogP contribution in [0.25, 0.3) is 11.8 Å². The van der Waals surface area contributed by atoms with Crippen molar-refractivity contribution in [2.75, 3.05) is 5.32 Å². The first-order valence-electron chi connectivity index (χ1n) is 7.41. The van der Waals surface area contributed by atoms with E-state index in [-0.39, 0.29) is 11.3 Å². The summed E-state index contributed by atoms with van der Waals surface area (Å²) in [5, 5.41) is 30.1. The zero-order valence-electron chi connectivity index (χ0n) is 13.4. The molecule has 132 valence electrons. The number of aliphatic hydroxyl groups excluding tert-OH is 1. The fraction of sp³-hybridized carbons (Fsp3) is 0. The number of aliphatic carboxylic acids is 1. The van der Waals surface area contributed by atoms with E-state index in [1.165, 1.54) is 36.4 Å². The molecule has 4 N–H and O–H groups in total. The summed E-state index contributed by atoms with van der Waals surface area (Å²) in [6.07, 6.45) is 3.44. The summed E-state index contributed by atoms with van der Waals surface area (Å²) < 4.78 is 0. The smallest absolute Gasteiger partial charge is 0.376 e. The monoisotopic (exact) mass is 353 g/mol. The number of carboxylic acids is 1. The molecule has 2 rings (SSSR count). The van der Waals surface area contributed by atoms with E-state index in [0.29, 0.717) is 11.8 Å². The Morgan fingerprint density at radius 2 is 1.65 bits per heavy atom. The zero-order valence-corrected chi connectivity index (χ0v) is 13.4. The van der Waals surface area contributed by atoms with Gasteiger partial charge < -0.3 is 20.6 Å². The van der Waals surface area contributed by atoms with Crippen LogP contribution < -0.4 is 5.32 Å². The van der Waals surface area contributed by atoms with Crippen molar-refractivity contribution in [3.8, 4) is 5.75 Å². The van der Waals surface area contributed by atoms with Crippen molar-refractivity contribution in [1.82, 2.24) is 0 Å². The van der Waals surface area contributed by atoms with Crippen LogP contribution in [0.2, 0.25) is 0 Å². The maximum atomic E-state index is 11.9. The van der Waals surface area contributed by atoms with Crippen LogP contribution in [-0.2, 0) is 14.4 Å². The summed E-state index contributed by atoms with van der Waals surface area (Å²) in [4.78, 5) is 33.5. The van der Waals surface area contributed by atoms with E-state index in [0.717, 1.165) is 5.56 Å². The number of rotatable bonds is 6. The zero-order chi connectivity index (χ0) is 19.1. The highest BCUT2D eigenvalue weighted by atomic mass is 16.4. The Morgan fingerprint density at radius 3 is 2.31 bits per heavy atom. The molecule has 0 saturated carbocycles. The predicted molar refractivity (Wildman–Crippen MR) is 95.5 cm³/mol. The SMILES string of the molecule is O=C(/C=C/c1ccc(O)cc1)Nc1cccc(/C(O)=C\C(=O)C(=O)O)c1. The number of nitrogens with one attached hydrogen (secondary N) is 1. The van der Waals surface area contributed by atoms with Crippen molar-refractivity contribution in [2.45, 2.75) is 0 Å². The molecule has 0 atom stereocenters. The second-order valence-corrected chi connectivity index (χ2v) is 5.19. The minimum Gasteiger partial charge on any atom is -0.508 e. The molecule has 2 aromatic rings. The molecule has 7 heteroatoms. The fourth-order valence-corrected chi connectivity index (χ4v) is 1.97. The van der Waals surface area contributed by atoms with E-state index >= 15 is 0 Å². The maximum absolute atomic E-state index is 11.9. The molecule has 0 aliphatic heterocycles. The van der Waals surface area contributed by atoms with Crippen LogP contribution in [0.1, 0.15) is 11.1 Å².